The van der Waals surface area contributed by atoms with E-state index < -0.39 is 23.8 Å². The van der Waals surface area contributed by atoms with Crippen molar-refractivity contribution >= 4 is 29.9 Å². The van der Waals surface area contributed by atoms with Crippen LogP contribution in [0.4, 0.5) is 4.79 Å². The number of para-hydroxylation sites is 1. The number of methoxy groups -OCH3 is 1. The van der Waals surface area contributed by atoms with E-state index in [1.54, 1.807) is 48.5 Å². The summed E-state index contributed by atoms with van der Waals surface area (Å²) in [6.45, 7) is 0.207. The summed E-state index contributed by atoms with van der Waals surface area (Å²) < 4.78 is 10.4. The van der Waals surface area contributed by atoms with Gasteiger partial charge in [0.25, 0.3) is 11.8 Å². The molecule has 8 heteroatoms. The minimum atomic E-state index is -0.855. The SMILES string of the molecule is COC(=O)c1ccc(COc2ccccc2C=C2C(=O)NC(=O)NC2=O)cc1. The minimum absolute atomic E-state index is 0.196. The van der Waals surface area contributed by atoms with E-state index in [0.29, 0.717) is 16.9 Å². The molecule has 0 unspecified atom stereocenters. The Morgan fingerprint density at radius 1 is 0.964 bits per heavy atom. The molecule has 0 radical (unpaired) electrons. The van der Waals surface area contributed by atoms with E-state index in [0.717, 1.165) is 5.56 Å². The molecule has 8 nitrogen and oxygen atoms in total. The third kappa shape index (κ3) is 4.24. The fourth-order valence-electron chi connectivity index (χ4n) is 2.51. The predicted molar refractivity (Wildman–Crippen MR) is 98.2 cm³/mol. The summed E-state index contributed by atoms with van der Waals surface area (Å²) in [5.74, 6) is -1.53. The Labute approximate surface area is 160 Å². The van der Waals surface area contributed by atoms with Gasteiger partial charge in [-0.15, -0.1) is 0 Å². The van der Waals surface area contributed by atoms with Crippen molar-refractivity contribution in [2.24, 2.45) is 0 Å². The van der Waals surface area contributed by atoms with Crippen molar-refractivity contribution in [3.63, 3.8) is 0 Å². The Morgan fingerprint density at radius 3 is 2.25 bits per heavy atom. The van der Waals surface area contributed by atoms with Crippen LogP contribution in [-0.4, -0.2) is 30.9 Å². The first-order chi connectivity index (χ1) is 13.5. The van der Waals surface area contributed by atoms with Gasteiger partial charge in [-0.25, -0.2) is 9.59 Å². The van der Waals surface area contributed by atoms with Crippen LogP contribution >= 0.6 is 0 Å². The van der Waals surface area contributed by atoms with E-state index in [1.807, 2.05) is 10.6 Å². The molecule has 0 atom stereocenters. The number of amides is 4. The maximum Gasteiger partial charge on any atom is 0.337 e. The number of imide groups is 2. The summed E-state index contributed by atoms with van der Waals surface area (Å²) in [5.41, 5.74) is 1.55. The number of benzene rings is 2. The standard InChI is InChI=1S/C20H16N2O6/c1-27-19(25)13-8-6-12(7-9-13)11-28-16-5-3-2-4-14(16)10-15-17(23)21-20(26)22-18(15)24/h2-10H,11H2,1H3,(H2,21,22,23,24,26). The number of carbonyl (C=O) groups excluding carboxylic acids is 4. The maximum absolute atomic E-state index is 11.9. The van der Waals surface area contributed by atoms with E-state index in [1.165, 1.54) is 13.2 Å². The number of esters is 1. The molecule has 0 aliphatic carbocycles. The lowest BCUT2D eigenvalue weighted by atomic mass is 10.1. The van der Waals surface area contributed by atoms with Gasteiger partial charge in [0.15, 0.2) is 0 Å². The van der Waals surface area contributed by atoms with E-state index in [9.17, 15) is 19.2 Å². The average molecular weight is 380 g/mol. The highest BCUT2D eigenvalue weighted by Crippen LogP contribution is 2.23. The zero-order valence-corrected chi connectivity index (χ0v) is 14.9. The van der Waals surface area contributed by atoms with Crippen molar-refractivity contribution in [3.8, 4) is 5.75 Å². The summed E-state index contributed by atoms with van der Waals surface area (Å²) in [6, 6.07) is 12.7. The zero-order chi connectivity index (χ0) is 20.1. The molecule has 1 aliphatic rings. The van der Waals surface area contributed by atoms with Gasteiger partial charge in [0.2, 0.25) is 0 Å². The Kier molecular flexibility index (Phi) is 5.50. The van der Waals surface area contributed by atoms with Gasteiger partial charge < -0.3 is 9.47 Å². The molecule has 0 aromatic heterocycles. The summed E-state index contributed by atoms with van der Waals surface area (Å²) in [4.78, 5) is 46.4. The zero-order valence-electron chi connectivity index (χ0n) is 14.9. The molecule has 142 valence electrons. The van der Waals surface area contributed by atoms with Crippen molar-refractivity contribution in [2.75, 3.05) is 7.11 Å². The van der Waals surface area contributed by atoms with Gasteiger partial charge >= 0.3 is 12.0 Å². The van der Waals surface area contributed by atoms with Gasteiger partial charge in [-0.2, -0.15) is 0 Å². The normalized spacial score (nSPS) is 13.5. The number of rotatable bonds is 5. The van der Waals surface area contributed by atoms with Gasteiger partial charge in [0, 0.05) is 5.56 Å². The van der Waals surface area contributed by atoms with Crippen molar-refractivity contribution < 1.29 is 28.7 Å². The highest BCUT2D eigenvalue weighted by atomic mass is 16.5. The number of nitrogens with one attached hydrogen (secondary N) is 2. The molecule has 1 fully saturated rings. The Balaban J connectivity index is 1.77. The van der Waals surface area contributed by atoms with Crippen molar-refractivity contribution in [3.05, 3.63) is 70.8 Å². The predicted octanol–water partition coefficient (Wildman–Crippen LogP) is 1.80. The molecular formula is C20H16N2O6. The molecule has 2 aromatic carbocycles. The fourth-order valence-corrected chi connectivity index (χ4v) is 2.51. The van der Waals surface area contributed by atoms with Crippen LogP contribution in [0.3, 0.4) is 0 Å². The number of hydrogen-bond donors (Lipinski definition) is 2. The molecule has 2 N–H and O–H groups in total. The Morgan fingerprint density at radius 2 is 1.61 bits per heavy atom. The summed E-state index contributed by atoms with van der Waals surface area (Å²) in [5, 5.41) is 4.04. The first-order valence-electron chi connectivity index (χ1n) is 8.25. The van der Waals surface area contributed by atoms with Crippen molar-refractivity contribution in [1.82, 2.24) is 10.6 Å². The molecule has 1 aliphatic heterocycles. The molecule has 0 spiro atoms. The first kappa shape index (κ1) is 18.8. The van der Waals surface area contributed by atoms with Gasteiger partial charge in [0.1, 0.15) is 17.9 Å². The average Bonchev–Trinajstić information content (AvgIpc) is 2.69. The van der Waals surface area contributed by atoms with E-state index in [-0.39, 0.29) is 12.2 Å². The Hall–Kier alpha value is -3.94. The van der Waals surface area contributed by atoms with Gasteiger partial charge in [-0.1, -0.05) is 30.3 Å². The largest absolute Gasteiger partial charge is 0.488 e. The Bertz CT molecular complexity index is 956. The first-order valence-corrected chi connectivity index (χ1v) is 8.25. The molecule has 4 amide bonds. The number of ether oxygens (including phenoxy) is 2. The van der Waals surface area contributed by atoms with Crippen LogP contribution in [0.25, 0.3) is 6.08 Å². The van der Waals surface area contributed by atoms with Crippen LogP contribution in [0.5, 0.6) is 5.75 Å². The maximum atomic E-state index is 11.9. The van der Waals surface area contributed by atoms with Crippen molar-refractivity contribution in [1.29, 1.82) is 0 Å². The van der Waals surface area contributed by atoms with Crippen LogP contribution in [0.2, 0.25) is 0 Å². The highest BCUT2D eigenvalue weighted by molar-refractivity contribution is 6.31. The van der Waals surface area contributed by atoms with E-state index in [4.69, 9.17) is 4.74 Å². The molecule has 2 aromatic rings. The molecule has 28 heavy (non-hydrogen) atoms. The lowest BCUT2D eigenvalue weighted by molar-refractivity contribution is -0.123. The molecule has 1 heterocycles. The van der Waals surface area contributed by atoms with Crippen molar-refractivity contribution in [2.45, 2.75) is 6.61 Å². The van der Waals surface area contributed by atoms with Crippen LogP contribution < -0.4 is 15.4 Å². The summed E-state index contributed by atoms with van der Waals surface area (Å²) in [6.07, 6.45) is 1.35. The lowest BCUT2D eigenvalue weighted by Crippen LogP contribution is -2.51. The molecule has 3 rings (SSSR count). The smallest absolute Gasteiger partial charge is 0.337 e. The number of urea groups is 1. The monoisotopic (exact) mass is 380 g/mol. The second-order valence-electron chi connectivity index (χ2n) is 5.81. The fraction of sp³-hybridized carbons (Fsp3) is 0.100. The second-order valence-corrected chi connectivity index (χ2v) is 5.81. The minimum Gasteiger partial charge on any atom is -0.488 e. The van der Waals surface area contributed by atoms with Gasteiger partial charge in [-0.3, -0.25) is 20.2 Å². The van der Waals surface area contributed by atoms with Crippen LogP contribution in [0.15, 0.2) is 54.1 Å². The third-order valence-corrected chi connectivity index (χ3v) is 3.93. The molecular weight excluding hydrogens is 364 g/mol. The summed E-state index contributed by atoms with van der Waals surface area (Å²) >= 11 is 0. The van der Waals surface area contributed by atoms with Crippen LogP contribution in [0.1, 0.15) is 21.5 Å². The third-order valence-electron chi connectivity index (χ3n) is 3.93. The van der Waals surface area contributed by atoms with Crippen LogP contribution in [0, 0.1) is 0 Å². The highest BCUT2D eigenvalue weighted by Gasteiger charge is 2.27. The number of hydrogen-bond acceptors (Lipinski definition) is 6. The number of carbonyl (C=O) groups is 4. The summed E-state index contributed by atoms with van der Waals surface area (Å²) in [7, 11) is 1.31. The second kappa shape index (κ2) is 8.17. The molecule has 0 bridgehead atoms. The van der Waals surface area contributed by atoms with E-state index in [2.05, 4.69) is 4.74 Å². The van der Waals surface area contributed by atoms with Crippen LogP contribution in [-0.2, 0) is 20.9 Å². The lowest BCUT2D eigenvalue weighted by Gasteiger charge is -2.15. The molecule has 0 saturated carbocycles. The quantitative estimate of drug-likeness (QED) is 0.465. The van der Waals surface area contributed by atoms with Gasteiger partial charge in [0.05, 0.1) is 12.7 Å². The number of barbiturate groups is 1. The van der Waals surface area contributed by atoms with Gasteiger partial charge in [-0.05, 0) is 29.8 Å². The molecule has 1 saturated heterocycles. The van der Waals surface area contributed by atoms with E-state index >= 15 is 0 Å². The topological polar surface area (TPSA) is 111 Å².